The summed E-state index contributed by atoms with van der Waals surface area (Å²) in [5, 5.41) is 4.90. The third kappa shape index (κ3) is 20.4. The molecule has 148 heavy (non-hydrogen) atoms. The van der Waals surface area contributed by atoms with Gasteiger partial charge in [0.25, 0.3) is 35.4 Å². The number of anilines is 1. The van der Waals surface area contributed by atoms with Crippen LogP contribution in [0.25, 0.3) is 33.4 Å². The van der Waals surface area contributed by atoms with E-state index in [0.29, 0.717) is 50.0 Å². The van der Waals surface area contributed by atoms with Gasteiger partial charge in [-0.15, -0.1) is 11.3 Å². The van der Waals surface area contributed by atoms with Crippen molar-refractivity contribution in [2.24, 2.45) is 77.1 Å². The maximum Gasteiger partial charge on any atom is 0.267 e. The second kappa shape index (κ2) is 43.9. The first-order valence-corrected chi connectivity index (χ1v) is 50.7. The molecular formula is C120H118FN19O7S. The number of piperidine rings is 1. The van der Waals surface area contributed by atoms with E-state index in [0.717, 1.165) is 144 Å². The summed E-state index contributed by atoms with van der Waals surface area (Å²) in [6.45, 7) is 4.50. The molecule has 3 fully saturated rings. The van der Waals surface area contributed by atoms with Crippen molar-refractivity contribution in [3.8, 4) is 33.4 Å². The number of likely N-dealkylation sites (N-methyl/N-ethyl adjacent to an activating group) is 3. The largest absolute Gasteiger partial charge is 0.369 e. The van der Waals surface area contributed by atoms with E-state index < -0.39 is 27.7 Å². The molecule has 2 aliphatic carbocycles. The highest BCUT2D eigenvalue weighted by Gasteiger charge is 2.59. The van der Waals surface area contributed by atoms with E-state index in [-0.39, 0.29) is 82.8 Å². The van der Waals surface area contributed by atoms with Crippen molar-refractivity contribution >= 4 is 88.2 Å². The zero-order valence-corrected chi connectivity index (χ0v) is 83.8. The number of hydrogen-bond acceptors (Lipinski definition) is 20. The number of benzene rings is 12. The van der Waals surface area contributed by atoms with Gasteiger partial charge in [-0.1, -0.05) is 305 Å². The molecule has 13 N–H and O–H groups in total. The first kappa shape index (κ1) is 101. The maximum atomic E-state index is 14.0. The summed E-state index contributed by atoms with van der Waals surface area (Å²) < 4.78 is 13.6. The first-order chi connectivity index (χ1) is 71.7. The van der Waals surface area contributed by atoms with Crippen molar-refractivity contribution < 1.29 is 38.0 Å². The number of hydrogen-bond donors (Lipinski definition) is 7. The molecule has 0 radical (unpaired) electrons. The van der Waals surface area contributed by atoms with Gasteiger partial charge in [-0.2, -0.15) is 0 Å². The smallest absolute Gasteiger partial charge is 0.267 e. The van der Waals surface area contributed by atoms with Crippen molar-refractivity contribution in [1.29, 1.82) is 0 Å². The predicted molar refractivity (Wildman–Crippen MR) is 580 cm³/mol. The Hall–Kier alpha value is -17.0. The summed E-state index contributed by atoms with van der Waals surface area (Å²) in [5.41, 5.74) is 47.5. The molecule has 0 bridgehead atoms. The van der Waals surface area contributed by atoms with Gasteiger partial charge in [-0.05, 0) is 224 Å². The Morgan fingerprint density at radius 3 is 1.32 bits per heavy atom. The zero-order valence-electron chi connectivity index (χ0n) is 83.0. The first-order valence-electron chi connectivity index (χ1n) is 49.9. The second-order valence-electron chi connectivity index (χ2n) is 38.3. The highest BCUT2D eigenvalue weighted by atomic mass is 32.1. The summed E-state index contributed by atoms with van der Waals surface area (Å²) >= 11 is 1.42. The number of pyridine rings is 1. The minimum absolute atomic E-state index is 0.0226. The Kier molecular flexibility index (Phi) is 30.0. The number of aliphatic imine (C=N–C) groups is 5. The summed E-state index contributed by atoms with van der Waals surface area (Å²) in [4.78, 5) is 130. The van der Waals surface area contributed by atoms with Crippen molar-refractivity contribution in [1.82, 2.24) is 34.4 Å². The van der Waals surface area contributed by atoms with E-state index in [4.69, 9.17) is 44.4 Å². The number of aryl methyl sites for hydroxylation is 1. The van der Waals surface area contributed by atoms with Crippen LogP contribution in [0.4, 0.5) is 10.1 Å². The monoisotopic (exact) mass is 1990 g/mol. The number of nitrogens with one attached hydrogen (secondary N) is 1. The van der Waals surface area contributed by atoms with Gasteiger partial charge < -0.3 is 44.6 Å². The van der Waals surface area contributed by atoms with Crippen LogP contribution in [0.15, 0.2) is 388 Å². The average Bonchev–Trinajstić information content (AvgIpc) is 1.57. The van der Waals surface area contributed by atoms with Crippen molar-refractivity contribution in [3.05, 3.63) is 441 Å². The minimum atomic E-state index is -1.21. The molecule has 3 unspecified atom stereocenters. The quantitative estimate of drug-likeness (QED) is 0.0313. The number of likely N-dealkylation sites (tertiary alicyclic amines) is 1. The average molecular weight is 1990 g/mol. The summed E-state index contributed by atoms with van der Waals surface area (Å²) in [5.74, 6) is 1.25. The lowest BCUT2D eigenvalue weighted by atomic mass is 9.81. The summed E-state index contributed by atoms with van der Waals surface area (Å²) in [7, 11) is 4.97. The number of aromatic nitrogens is 1. The normalized spacial score (nSPS) is 19.6. The number of carbonyl (C=O) groups excluding carboxylic acids is 7. The molecule has 8 heterocycles. The van der Waals surface area contributed by atoms with Gasteiger partial charge in [0.15, 0.2) is 52.0 Å². The Morgan fingerprint density at radius 2 is 0.824 bits per heavy atom. The van der Waals surface area contributed by atoms with Crippen LogP contribution < -0.4 is 39.7 Å². The summed E-state index contributed by atoms with van der Waals surface area (Å²) in [6, 6.07) is 111. The highest BCUT2D eigenvalue weighted by Crippen LogP contribution is 2.53. The van der Waals surface area contributed by atoms with Gasteiger partial charge in [0.2, 0.25) is 11.4 Å². The number of rotatable bonds is 23. The Morgan fingerprint density at radius 1 is 0.399 bits per heavy atom. The van der Waals surface area contributed by atoms with E-state index in [1.165, 1.54) is 68.8 Å². The van der Waals surface area contributed by atoms with E-state index in [2.05, 4.69) is 43.5 Å². The van der Waals surface area contributed by atoms with Gasteiger partial charge in [0.05, 0.1) is 6.54 Å². The van der Waals surface area contributed by atoms with Gasteiger partial charge in [0.1, 0.15) is 5.82 Å². The standard InChI is InChI=1S/C30H32N4O2.C28H28N4O2.C23H22N4O.C20H16FN3OS.C19H20N4O/c31-29-33-30(24-11-3-1-4-12-24,25-13-5-2-6-14-25)28(36)34(29)21-23-15-18-26(19-16-23)32-27(35)20-17-22-9-7-8-10-22;29-27-30-28(23-14-6-2-7-15-23,24-16-8-3-9-17-24)26(34)32(27)20-21-11-10-18-31(19-21)25(33)22-12-4-1-5-13-22;1-27-21(28)23(26-22(27)25,19-10-3-2-4-11-19)20-12-6-9-18(14-20)17-8-5-7-16(13-17)15-24;1-24-18(25)20(23-19(24)22,15-7-3-2-4-8-15)17-11-14(12-26-17)13-6-5-9-16(21)10-13;1-12-10-14(8-9-21-12)13-4-3-5-16(11-13)19(15-6-7-15)17(24)23(2)18(20)22-19/h1-6,11-16,18-19,22H,7-10,17,20-21H2,(H2,31,33)(H,32,35);1-9,12-17,21H,10-11,18-20H2,(H2,29,30);2-14H,15,24H2,1H3,(H2,25,26);2-12H,1H3,(H2,22,23);3-5,8-11,15H,6-7H2,1-2H3,(H2,20,22)/t;21-;;;/m.0.../s1. The van der Waals surface area contributed by atoms with Crippen LogP contribution in [-0.4, -0.2) is 146 Å². The van der Waals surface area contributed by atoms with Gasteiger partial charge in [-0.3, -0.25) is 63.0 Å². The second-order valence-corrected chi connectivity index (χ2v) is 39.3. The van der Waals surface area contributed by atoms with E-state index in [1.807, 2.05) is 333 Å². The number of thiophene rings is 1. The number of guanidine groups is 5. The number of carbonyl (C=O) groups is 7. The maximum absolute atomic E-state index is 14.0. The molecule has 12 aromatic carbocycles. The van der Waals surface area contributed by atoms with Crippen LogP contribution in [0.2, 0.25) is 0 Å². The number of amides is 7. The molecule has 7 amide bonds. The van der Waals surface area contributed by atoms with Crippen LogP contribution in [0.1, 0.15) is 141 Å². The number of halogens is 1. The molecule has 14 aromatic rings. The molecule has 0 spiro atoms. The molecule has 8 aliphatic rings. The van der Waals surface area contributed by atoms with Crippen LogP contribution in [0.5, 0.6) is 0 Å². The third-order valence-corrected chi connectivity index (χ3v) is 29.9. The highest BCUT2D eigenvalue weighted by molar-refractivity contribution is 7.10. The Bertz CT molecular complexity index is 7300. The fourth-order valence-electron chi connectivity index (χ4n) is 20.8. The van der Waals surface area contributed by atoms with Crippen molar-refractivity contribution in [2.45, 2.75) is 112 Å². The van der Waals surface area contributed by atoms with Crippen molar-refractivity contribution in [2.75, 3.05) is 46.1 Å². The predicted octanol–water partition coefficient (Wildman–Crippen LogP) is 17.7. The van der Waals surface area contributed by atoms with Crippen LogP contribution in [0.3, 0.4) is 0 Å². The molecule has 22 rings (SSSR count). The van der Waals surface area contributed by atoms with E-state index in [1.54, 1.807) is 38.3 Å². The van der Waals surface area contributed by atoms with Gasteiger partial charge in [-0.25, -0.2) is 29.4 Å². The lowest BCUT2D eigenvalue weighted by molar-refractivity contribution is -0.132. The van der Waals surface area contributed by atoms with Crippen molar-refractivity contribution in [3.63, 3.8) is 0 Å². The van der Waals surface area contributed by atoms with Crippen LogP contribution >= 0.6 is 11.3 Å². The molecule has 748 valence electrons. The Labute approximate surface area is 864 Å². The summed E-state index contributed by atoms with van der Waals surface area (Å²) in [6.07, 6.45) is 12.2. The fraction of sp³-hybridized carbons (Fsp3) is 0.225. The number of nitrogens with zero attached hydrogens (tertiary/aromatic N) is 12. The fourth-order valence-corrected chi connectivity index (χ4v) is 21.9. The van der Waals surface area contributed by atoms with Gasteiger partial charge in [0, 0.05) is 81.8 Å². The SMILES string of the molecule is CN1C(=O)C(c2ccccc2)(c2cc(-c3cccc(F)c3)cs2)N=C1N.CN1C(=O)C(c2ccccc2)(c2cccc(-c3cccc(CN)c3)c2)N=C1N.Cc1cc(-c2cccc(C3(C4CC4)N=C(N)N(C)C3=O)c2)ccn1.NC1=NC(c2ccccc2)(c2ccccc2)C(=O)N1C[C@H]1CCCN(C(=O)c2ccccc2)C1.NC1=NC(c2ccccc2)(c2ccccc2)C(=O)N1Cc1ccc(NC(=O)CCC2CCCC2)cc1. The molecule has 26 nitrogen and oxygen atoms in total. The molecule has 4 atom stereocenters. The van der Waals surface area contributed by atoms with E-state index >= 15 is 0 Å². The molecule has 2 saturated carbocycles. The van der Waals surface area contributed by atoms with Crippen LogP contribution in [-0.2, 0) is 69.6 Å². The molecular weight excluding hydrogens is 1870 g/mol. The van der Waals surface area contributed by atoms with Gasteiger partial charge >= 0.3 is 0 Å². The topological polar surface area (TPSA) is 382 Å². The Balaban J connectivity index is 0.000000122. The van der Waals surface area contributed by atoms with Crippen LogP contribution in [0, 0.1) is 30.5 Å². The molecule has 28 heteroatoms. The zero-order chi connectivity index (χ0) is 103. The minimum Gasteiger partial charge on any atom is -0.369 e. The lowest BCUT2D eigenvalue weighted by Crippen LogP contribution is -2.49. The molecule has 2 aromatic heterocycles. The third-order valence-electron chi connectivity index (χ3n) is 28.8. The lowest BCUT2D eigenvalue weighted by Gasteiger charge is -2.35. The molecule has 1 saturated heterocycles. The van der Waals surface area contributed by atoms with E-state index in [9.17, 15) is 38.0 Å². The number of nitrogens with two attached hydrogens (primary N) is 6. The molecule has 6 aliphatic heterocycles.